The molecule has 0 aliphatic carbocycles. The van der Waals surface area contributed by atoms with Gasteiger partial charge in [0.25, 0.3) is 0 Å². The standard InChI is InChI=1S/C29H32FN7O4S.C28H26FN7O4S/c1-18(2)37-17-26(28(34-37)20-5-6-21-16-36(3)12-10-19(21)13-20)33-29(38)32-25-8-7-22(14-24(25)30)41-23-9-11-31-27(15-23)35-42(4,39)40;1-17(2)36-16-25(27(34-36)19-4-5-20-15-30-10-8-18(20)12-19)33-28(37)32-24-7-6-21(13-23(24)29)40-22-9-11-31-26(14-22)35-41(3,38)39/h5-9,11,13-15,17-18H,10,12,16H2,1-4H3,(H,31,35)(H2,32,33,38);4-17H,1-3H3,(H,31,35)(H2,32,33,37). The molecule has 10 rings (SSSR count). The van der Waals surface area contributed by atoms with E-state index >= 15 is 0 Å². The summed E-state index contributed by atoms with van der Waals surface area (Å²) < 4.78 is 94.9. The maximum absolute atomic E-state index is 14.9. The normalized spacial score (nSPS) is 12.5. The van der Waals surface area contributed by atoms with Crippen molar-refractivity contribution in [2.24, 2.45) is 0 Å². The summed E-state index contributed by atoms with van der Waals surface area (Å²) in [6, 6.07) is 26.4. The average Bonchev–Trinajstić information content (AvgIpc) is 4.04. The number of carbonyl (C=O) groups excluding carboxylic acids is 2. The Balaban J connectivity index is 0.000000200. The molecule has 6 heterocycles. The molecule has 0 saturated heterocycles. The molecular formula is C57H58F2N14O8S2. The van der Waals surface area contributed by atoms with Crippen LogP contribution in [0.15, 0.2) is 140 Å². The Morgan fingerprint density at radius 3 is 1.53 bits per heavy atom. The molecular weight excluding hydrogens is 1110 g/mol. The number of halogens is 2. The van der Waals surface area contributed by atoms with Gasteiger partial charge in [-0.15, -0.1) is 0 Å². The molecule has 0 spiro atoms. The minimum atomic E-state index is -3.53. The third-order valence-corrected chi connectivity index (χ3v) is 13.7. The van der Waals surface area contributed by atoms with E-state index in [9.17, 15) is 35.2 Å². The number of aromatic nitrogens is 7. The summed E-state index contributed by atoms with van der Waals surface area (Å²) in [5, 5.41) is 22.0. The fraction of sp³-hybridized carbons (Fsp3) is 0.211. The van der Waals surface area contributed by atoms with Crippen LogP contribution in [0.2, 0.25) is 0 Å². The topological polar surface area (TPSA) is 271 Å². The molecule has 0 unspecified atom stereocenters. The van der Waals surface area contributed by atoms with Gasteiger partial charge in [0.05, 0.1) is 35.3 Å². The Hall–Kier alpha value is -9.53. The van der Waals surface area contributed by atoms with Gasteiger partial charge in [-0.1, -0.05) is 24.3 Å². The van der Waals surface area contributed by atoms with E-state index in [-0.39, 0.29) is 58.1 Å². The number of amides is 4. The van der Waals surface area contributed by atoms with Gasteiger partial charge in [0.2, 0.25) is 20.0 Å². The van der Waals surface area contributed by atoms with Crippen LogP contribution in [0.5, 0.6) is 23.0 Å². The lowest BCUT2D eigenvalue weighted by Gasteiger charge is -2.25. The Morgan fingerprint density at radius 1 is 0.554 bits per heavy atom. The van der Waals surface area contributed by atoms with Crippen LogP contribution in [0, 0.1) is 11.6 Å². The molecule has 0 fully saturated rings. The summed E-state index contributed by atoms with van der Waals surface area (Å²) >= 11 is 0. The van der Waals surface area contributed by atoms with Crippen LogP contribution in [0.4, 0.5) is 52.8 Å². The van der Waals surface area contributed by atoms with E-state index in [0.717, 1.165) is 66.1 Å². The van der Waals surface area contributed by atoms with Gasteiger partial charge in [0.1, 0.15) is 57.7 Å². The smallest absolute Gasteiger partial charge is 0.323 e. The number of carbonyl (C=O) groups is 2. The second kappa shape index (κ2) is 24.7. The fourth-order valence-electron chi connectivity index (χ4n) is 8.58. The zero-order chi connectivity index (χ0) is 59.2. The van der Waals surface area contributed by atoms with Crippen LogP contribution in [-0.2, 0) is 33.0 Å². The van der Waals surface area contributed by atoms with E-state index in [1.54, 1.807) is 34.2 Å². The molecule has 1 aliphatic rings. The number of urea groups is 2. The molecule has 4 amide bonds. The summed E-state index contributed by atoms with van der Waals surface area (Å²) in [4.78, 5) is 40.1. The third kappa shape index (κ3) is 15.5. The molecule has 1 aliphatic heterocycles. The number of sulfonamides is 2. The summed E-state index contributed by atoms with van der Waals surface area (Å²) in [6.45, 7) is 9.81. The number of nitrogens with one attached hydrogen (secondary N) is 6. The lowest BCUT2D eigenvalue weighted by Crippen LogP contribution is -2.26. The highest BCUT2D eigenvalue weighted by Gasteiger charge is 2.21. The van der Waals surface area contributed by atoms with Crippen LogP contribution in [0.3, 0.4) is 0 Å². The van der Waals surface area contributed by atoms with Crippen molar-refractivity contribution in [1.82, 2.24) is 39.4 Å². The molecule has 0 saturated carbocycles. The van der Waals surface area contributed by atoms with Gasteiger partial charge < -0.3 is 35.6 Å². The zero-order valence-corrected chi connectivity index (χ0v) is 47.6. The monoisotopic (exact) mass is 1170 g/mol. The number of anilines is 6. The van der Waals surface area contributed by atoms with Gasteiger partial charge in [-0.3, -0.25) is 23.8 Å². The van der Waals surface area contributed by atoms with Crippen LogP contribution >= 0.6 is 0 Å². The first-order valence-electron chi connectivity index (χ1n) is 25.8. The van der Waals surface area contributed by atoms with Crippen molar-refractivity contribution < 1.29 is 44.7 Å². The lowest BCUT2D eigenvalue weighted by molar-refractivity contribution is 0.261. The third-order valence-electron chi connectivity index (χ3n) is 12.5. The Labute approximate surface area is 477 Å². The summed E-state index contributed by atoms with van der Waals surface area (Å²) in [5.41, 5.74) is 6.28. The van der Waals surface area contributed by atoms with E-state index in [1.165, 1.54) is 72.1 Å². The number of nitrogens with zero attached hydrogens (tertiary/aromatic N) is 8. The number of ether oxygens (including phenoxy) is 2. The van der Waals surface area contributed by atoms with E-state index < -0.39 is 43.7 Å². The first-order valence-corrected chi connectivity index (χ1v) is 29.6. The van der Waals surface area contributed by atoms with Crippen molar-refractivity contribution in [3.8, 4) is 45.5 Å². The lowest BCUT2D eigenvalue weighted by atomic mass is 9.96. The molecule has 5 aromatic heterocycles. The van der Waals surface area contributed by atoms with Gasteiger partial charge in [-0.25, -0.2) is 45.2 Å². The highest BCUT2D eigenvalue weighted by Crippen LogP contribution is 2.34. The zero-order valence-electron chi connectivity index (χ0n) is 46.0. The molecule has 0 radical (unpaired) electrons. The van der Waals surface area contributed by atoms with Gasteiger partial charge in [-0.2, -0.15) is 10.2 Å². The molecule has 26 heteroatoms. The molecule has 4 aromatic carbocycles. The van der Waals surface area contributed by atoms with E-state index in [4.69, 9.17) is 14.6 Å². The fourth-order valence-corrected chi connectivity index (χ4v) is 9.56. The SMILES string of the molecule is CC(C)n1cc(NC(=O)Nc2ccc(Oc3ccnc(NS(C)(=O)=O)c3)cc2F)c(-c2ccc3c(c2)CCN(C)C3)n1.CC(C)n1cc(NC(=O)Nc2ccc(Oc3ccnc(NS(C)(=O)=O)c3)cc2F)c(-c2ccc3cnccc3c2)n1. The number of rotatable bonds is 16. The molecule has 6 N–H and O–H groups in total. The molecule has 9 aromatic rings. The van der Waals surface area contributed by atoms with Crippen molar-refractivity contribution in [2.45, 2.75) is 52.7 Å². The number of hydrogen-bond donors (Lipinski definition) is 6. The Kier molecular flexibility index (Phi) is 17.3. The van der Waals surface area contributed by atoms with Crippen molar-refractivity contribution in [3.05, 3.63) is 163 Å². The number of benzene rings is 4. The number of hydrogen-bond acceptors (Lipinski definition) is 14. The first kappa shape index (κ1) is 58.1. The van der Waals surface area contributed by atoms with Crippen molar-refractivity contribution in [3.63, 3.8) is 0 Å². The summed E-state index contributed by atoms with van der Waals surface area (Å²) in [5.74, 6) is -0.561. The molecule has 430 valence electrons. The second-order valence-corrected chi connectivity index (χ2v) is 23.5. The quantitative estimate of drug-likeness (QED) is 0.0525. The largest absolute Gasteiger partial charge is 0.457 e. The summed E-state index contributed by atoms with van der Waals surface area (Å²) in [7, 11) is -4.95. The predicted molar refractivity (Wildman–Crippen MR) is 315 cm³/mol. The second-order valence-electron chi connectivity index (χ2n) is 20.0. The number of likely N-dealkylation sites (N-methyl/N-ethyl adjacent to an activating group) is 1. The molecule has 22 nitrogen and oxygen atoms in total. The van der Waals surface area contributed by atoms with Gasteiger partial charge >= 0.3 is 12.1 Å². The van der Waals surface area contributed by atoms with Gasteiger partial charge in [0, 0.05) is 103 Å². The highest BCUT2D eigenvalue weighted by molar-refractivity contribution is 7.92. The number of pyridine rings is 3. The van der Waals surface area contributed by atoms with Crippen molar-refractivity contribution in [1.29, 1.82) is 0 Å². The first-order chi connectivity index (χ1) is 39.5. The predicted octanol–water partition coefficient (Wildman–Crippen LogP) is 11.5. The Morgan fingerprint density at radius 2 is 1.04 bits per heavy atom. The van der Waals surface area contributed by atoms with Crippen molar-refractivity contribution >= 4 is 77.3 Å². The van der Waals surface area contributed by atoms with Crippen LogP contribution in [0.1, 0.15) is 50.9 Å². The molecule has 0 bridgehead atoms. The van der Waals surface area contributed by atoms with Crippen LogP contribution in [0.25, 0.3) is 33.3 Å². The minimum Gasteiger partial charge on any atom is -0.457 e. The van der Waals surface area contributed by atoms with Gasteiger partial charge in [0.15, 0.2) is 0 Å². The number of fused-ring (bicyclic) bond motifs is 2. The minimum absolute atomic E-state index is 0.0423. The van der Waals surface area contributed by atoms with E-state index in [1.807, 2.05) is 58.0 Å². The van der Waals surface area contributed by atoms with Crippen LogP contribution in [-0.4, -0.2) is 94.4 Å². The van der Waals surface area contributed by atoms with E-state index in [2.05, 4.69) is 74.8 Å². The maximum atomic E-state index is 14.9. The Bertz CT molecular complexity index is 4120. The molecule has 0 atom stereocenters. The van der Waals surface area contributed by atoms with Gasteiger partial charge in [-0.05, 0) is 112 Å². The molecule has 83 heavy (non-hydrogen) atoms. The maximum Gasteiger partial charge on any atom is 0.323 e. The van der Waals surface area contributed by atoms with E-state index in [0.29, 0.717) is 22.8 Å². The highest BCUT2D eigenvalue weighted by atomic mass is 32.2. The van der Waals surface area contributed by atoms with Crippen LogP contribution < -0.4 is 40.2 Å². The van der Waals surface area contributed by atoms with Crippen molar-refractivity contribution in [2.75, 3.05) is 56.8 Å². The average molecular weight is 1170 g/mol. The summed E-state index contributed by atoms with van der Waals surface area (Å²) in [6.07, 6.45) is 12.6.